The number of amides is 1. The zero-order valence-electron chi connectivity index (χ0n) is 12.7. The van der Waals surface area contributed by atoms with Crippen LogP contribution in [0.5, 0.6) is 11.5 Å². The van der Waals surface area contributed by atoms with E-state index in [1.807, 2.05) is 18.2 Å². The topological polar surface area (TPSA) is 47.6 Å². The van der Waals surface area contributed by atoms with Gasteiger partial charge < -0.3 is 14.8 Å². The number of methoxy groups -OCH3 is 2. The first kappa shape index (κ1) is 14.2. The van der Waals surface area contributed by atoms with Gasteiger partial charge in [-0.1, -0.05) is 6.07 Å². The van der Waals surface area contributed by atoms with Crippen LogP contribution in [0, 0.1) is 17.8 Å². The first-order chi connectivity index (χ1) is 10.2. The van der Waals surface area contributed by atoms with Crippen molar-refractivity contribution in [1.29, 1.82) is 0 Å². The maximum absolute atomic E-state index is 12.1. The maximum Gasteiger partial charge on any atom is 0.223 e. The number of hydrogen-bond acceptors (Lipinski definition) is 3. The number of benzene rings is 1. The van der Waals surface area contributed by atoms with Gasteiger partial charge in [0, 0.05) is 12.5 Å². The molecule has 2 unspecified atom stereocenters. The van der Waals surface area contributed by atoms with Crippen molar-refractivity contribution in [2.24, 2.45) is 17.8 Å². The molecule has 2 fully saturated rings. The highest BCUT2D eigenvalue weighted by Gasteiger charge is 2.47. The molecule has 1 aromatic carbocycles. The van der Waals surface area contributed by atoms with E-state index in [0.29, 0.717) is 6.54 Å². The second-order valence-corrected chi connectivity index (χ2v) is 6.15. The third-order valence-corrected chi connectivity index (χ3v) is 4.78. The summed E-state index contributed by atoms with van der Waals surface area (Å²) < 4.78 is 10.5. The summed E-state index contributed by atoms with van der Waals surface area (Å²) in [6, 6.07) is 5.88. The molecule has 0 saturated heterocycles. The molecule has 2 aliphatic rings. The molecule has 21 heavy (non-hydrogen) atoms. The molecule has 1 N–H and O–H groups in total. The lowest BCUT2D eigenvalue weighted by molar-refractivity contribution is -0.125. The number of nitrogens with one attached hydrogen (secondary N) is 1. The van der Waals surface area contributed by atoms with E-state index in [9.17, 15) is 4.79 Å². The summed E-state index contributed by atoms with van der Waals surface area (Å²) in [5, 5.41) is 3.07. The lowest BCUT2D eigenvalue weighted by Gasteiger charge is -2.13. The summed E-state index contributed by atoms with van der Waals surface area (Å²) in [6.45, 7) is 0.681. The van der Waals surface area contributed by atoms with Crippen molar-refractivity contribution >= 4 is 5.91 Å². The normalized spacial score (nSPS) is 26.1. The van der Waals surface area contributed by atoms with Gasteiger partial charge in [0.25, 0.3) is 0 Å². The number of carbonyl (C=O) groups is 1. The van der Waals surface area contributed by atoms with Gasteiger partial charge in [0.05, 0.1) is 14.2 Å². The molecule has 0 aliphatic heterocycles. The van der Waals surface area contributed by atoms with Crippen molar-refractivity contribution in [3.05, 3.63) is 23.8 Å². The fraction of sp³-hybridized carbons (Fsp3) is 0.588. The molecule has 1 aromatic rings. The van der Waals surface area contributed by atoms with E-state index >= 15 is 0 Å². The van der Waals surface area contributed by atoms with Gasteiger partial charge in [-0.2, -0.15) is 0 Å². The molecule has 2 atom stereocenters. The summed E-state index contributed by atoms with van der Waals surface area (Å²) >= 11 is 0. The Bertz CT molecular complexity index is 519. The van der Waals surface area contributed by atoms with E-state index in [2.05, 4.69) is 5.32 Å². The zero-order valence-corrected chi connectivity index (χ0v) is 12.7. The summed E-state index contributed by atoms with van der Waals surface area (Å²) in [6.07, 6.45) is 4.38. The number of hydrogen-bond donors (Lipinski definition) is 1. The highest BCUT2D eigenvalue weighted by Crippen LogP contribution is 2.54. The fourth-order valence-corrected chi connectivity index (χ4v) is 3.44. The average molecular weight is 289 g/mol. The molecule has 4 heteroatoms. The predicted molar refractivity (Wildman–Crippen MR) is 80.6 cm³/mol. The monoisotopic (exact) mass is 289 g/mol. The van der Waals surface area contributed by atoms with E-state index in [-0.39, 0.29) is 11.8 Å². The lowest BCUT2D eigenvalue weighted by Crippen LogP contribution is -2.31. The predicted octanol–water partition coefficient (Wildman–Crippen LogP) is 2.41. The fourth-order valence-electron chi connectivity index (χ4n) is 3.44. The Morgan fingerprint density at radius 3 is 2.52 bits per heavy atom. The second kappa shape index (κ2) is 5.96. The summed E-state index contributed by atoms with van der Waals surface area (Å²) in [5.41, 5.74) is 1.14. The largest absolute Gasteiger partial charge is 0.493 e. The van der Waals surface area contributed by atoms with Crippen LogP contribution in [0.15, 0.2) is 18.2 Å². The van der Waals surface area contributed by atoms with Crippen molar-refractivity contribution in [3.63, 3.8) is 0 Å². The third kappa shape index (κ3) is 3.14. The van der Waals surface area contributed by atoms with Gasteiger partial charge in [-0.25, -0.2) is 0 Å². The van der Waals surface area contributed by atoms with Crippen LogP contribution in [0.1, 0.15) is 24.8 Å². The molecule has 2 aliphatic carbocycles. The van der Waals surface area contributed by atoms with Gasteiger partial charge in [0.2, 0.25) is 5.91 Å². The van der Waals surface area contributed by atoms with Crippen LogP contribution in [-0.2, 0) is 11.2 Å². The Balaban J connectivity index is 1.47. The Kier molecular flexibility index (Phi) is 4.04. The van der Waals surface area contributed by atoms with Crippen molar-refractivity contribution in [3.8, 4) is 11.5 Å². The van der Waals surface area contributed by atoms with Crippen molar-refractivity contribution < 1.29 is 14.3 Å². The lowest BCUT2D eigenvalue weighted by atomic mass is 10.0. The van der Waals surface area contributed by atoms with Crippen LogP contribution < -0.4 is 14.8 Å². The van der Waals surface area contributed by atoms with Crippen molar-refractivity contribution in [2.45, 2.75) is 25.7 Å². The van der Waals surface area contributed by atoms with Crippen molar-refractivity contribution in [1.82, 2.24) is 5.32 Å². The molecular weight excluding hydrogens is 266 g/mol. The van der Waals surface area contributed by atoms with E-state index in [1.165, 1.54) is 6.42 Å². The summed E-state index contributed by atoms with van der Waals surface area (Å²) in [7, 11) is 3.26. The van der Waals surface area contributed by atoms with Crippen LogP contribution in [0.25, 0.3) is 0 Å². The van der Waals surface area contributed by atoms with Crippen molar-refractivity contribution in [2.75, 3.05) is 20.8 Å². The van der Waals surface area contributed by atoms with Gasteiger partial charge in [-0.3, -0.25) is 4.79 Å². The summed E-state index contributed by atoms with van der Waals surface area (Å²) in [5.74, 6) is 3.67. The Labute approximate surface area is 125 Å². The van der Waals surface area contributed by atoms with E-state index < -0.39 is 0 Å². The molecule has 0 spiro atoms. The molecule has 0 heterocycles. The molecule has 4 nitrogen and oxygen atoms in total. The maximum atomic E-state index is 12.1. The minimum atomic E-state index is 0.239. The van der Waals surface area contributed by atoms with Gasteiger partial charge in [0.1, 0.15) is 0 Å². The zero-order chi connectivity index (χ0) is 14.8. The molecular formula is C17H23NO3. The highest BCUT2D eigenvalue weighted by molar-refractivity contribution is 5.79. The highest BCUT2D eigenvalue weighted by atomic mass is 16.5. The number of fused-ring (bicyclic) bond motifs is 1. The van der Waals surface area contributed by atoms with Gasteiger partial charge in [0.15, 0.2) is 11.5 Å². The van der Waals surface area contributed by atoms with E-state index in [1.54, 1.807) is 14.2 Å². The van der Waals surface area contributed by atoms with Crippen LogP contribution in [-0.4, -0.2) is 26.7 Å². The smallest absolute Gasteiger partial charge is 0.223 e. The Morgan fingerprint density at radius 2 is 1.86 bits per heavy atom. The van der Waals surface area contributed by atoms with Crippen LogP contribution >= 0.6 is 0 Å². The first-order valence-corrected chi connectivity index (χ1v) is 7.70. The number of rotatable bonds is 6. The van der Waals surface area contributed by atoms with E-state index in [4.69, 9.17) is 9.47 Å². The SMILES string of the molecule is COc1ccc(CCNC(=O)C2CC3CC3C2)cc1OC. The van der Waals surface area contributed by atoms with E-state index in [0.717, 1.165) is 48.2 Å². The molecule has 0 aromatic heterocycles. The molecule has 0 bridgehead atoms. The van der Waals surface area contributed by atoms with Gasteiger partial charge in [-0.05, 0) is 55.2 Å². The summed E-state index contributed by atoms with van der Waals surface area (Å²) in [4.78, 5) is 12.1. The average Bonchev–Trinajstić information content (AvgIpc) is 3.12. The second-order valence-electron chi connectivity index (χ2n) is 6.15. The quantitative estimate of drug-likeness (QED) is 0.875. The van der Waals surface area contributed by atoms with Crippen LogP contribution in [0.2, 0.25) is 0 Å². The third-order valence-electron chi connectivity index (χ3n) is 4.78. The first-order valence-electron chi connectivity index (χ1n) is 7.70. The van der Waals surface area contributed by atoms with Crippen LogP contribution in [0.4, 0.5) is 0 Å². The Morgan fingerprint density at radius 1 is 1.14 bits per heavy atom. The minimum Gasteiger partial charge on any atom is -0.493 e. The minimum absolute atomic E-state index is 0.239. The Hall–Kier alpha value is -1.71. The molecule has 0 radical (unpaired) electrons. The van der Waals surface area contributed by atoms with Gasteiger partial charge >= 0.3 is 0 Å². The molecule has 3 rings (SSSR count). The standard InChI is InChI=1S/C17H23NO3/c1-20-15-4-3-11(7-16(15)21-2)5-6-18-17(19)14-9-12-8-13(12)10-14/h3-4,7,12-14H,5-6,8-10H2,1-2H3,(H,18,19). The molecule has 114 valence electrons. The van der Waals surface area contributed by atoms with Gasteiger partial charge in [-0.15, -0.1) is 0 Å². The molecule has 2 saturated carbocycles. The molecule has 1 amide bonds. The van der Waals surface area contributed by atoms with Crippen LogP contribution in [0.3, 0.4) is 0 Å². The number of ether oxygens (including phenoxy) is 2. The number of carbonyl (C=O) groups excluding carboxylic acids is 1.